The number of hydrogen-bond donors (Lipinski definition) is 0. The van der Waals surface area contributed by atoms with Crippen LogP contribution >= 0.6 is 46.6 Å². The van der Waals surface area contributed by atoms with E-state index in [-0.39, 0.29) is 0 Å². The van der Waals surface area contributed by atoms with Crippen molar-refractivity contribution in [3.05, 3.63) is 68.9 Å². The average molecular weight is 385 g/mol. The topological polar surface area (TPSA) is 30.7 Å². The number of halogens is 3. The molecule has 0 amide bonds. The number of hydrogen-bond acceptors (Lipinski definition) is 3. The second kappa shape index (κ2) is 7.14. The lowest BCUT2D eigenvalue weighted by Gasteiger charge is -2.09. The number of aryl methyl sites for hydroxylation is 1. The number of aromatic nitrogens is 3. The van der Waals surface area contributed by atoms with E-state index >= 15 is 0 Å². The Morgan fingerprint density at radius 2 is 1.65 bits per heavy atom. The van der Waals surface area contributed by atoms with Gasteiger partial charge in [0, 0.05) is 26.5 Å². The fourth-order valence-electron chi connectivity index (χ4n) is 2.10. The lowest BCUT2D eigenvalue weighted by Crippen LogP contribution is -1.99. The highest BCUT2D eigenvalue weighted by Gasteiger charge is 2.12. The molecule has 23 heavy (non-hydrogen) atoms. The van der Waals surface area contributed by atoms with E-state index in [2.05, 4.69) is 10.2 Å². The van der Waals surface area contributed by atoms with Gasteiger partial charge >= 0.3 is 0 Å². The molecule has 0 aliphatic heterocycles. The Balaban J connectivity index is 1.85. The Bertz CT molecular complexity index is 831. The molecule has 3 rings (SSSR count). The summed E-state index contributed by atoms with van der Waals surface area (Å²) in [6, 6.07) is 13.1. The van der Waals surface area contributed by atoms with Gasteiger partial charge in [-0.05, 0) is 48.9 Å². The minimum absolute atomic E-state index is 0.629. The SMILES string of the molecule is Cc1nnc(SCc2ccc(Cl)cc2Cl)n1-c1ccc(Cl)cc1. The average Bonchev–Trinajstić information content (AvgIpc) is 2.88. The Labute approximate surface area is 153 Å². The van der Waals surface area contributed by atoms with E-state index in [4.69, 9.17) is 34.8 Å². The summed E-state index contributed by atoms with van der Waals surface area (Å²) in [5.74, 6) is 1.50. The van der Waals surface area contributed by atoms with Crippen molar-refractivity contribution in [3.8, 4) is 5.69 Å². The molecule has 0 N–H and O–H groups in total. The highest BCUT2D eigenvalue weighted by molar-refractivity contribution is 7.98. The molecule has 3 nitrogen and oxygen atoms in total. The van der Waals surface area contributed by atoms with Crippen molar-refractivity contribution in [1.82, 2.24) is 14.8 Å². The molecule has 1 heterocycles. The highest BCUT2D eigenvalue weighted by Crippen LogP contribution is 2.29. The van der Waals surface area contributed by atoms with Crippen molar-refractivity contribution >= 4 is 46.6 Å². The monoisotopic (exact) mass is 383 g/mol. The molecule has 1 aromatic heterocycles. The first-order valence-electron chi connectivity index (χ1n) is 6.79. The zero-order valence-electron chi connectivity index (χ0n) is 12.1. The lowest BCUT2D eigenvalue weighted by atomic mass is 10.2. The molecular weight excluding hydrogens is 373 g/mol. The second-order valence-electron chi connectivity index (χ2n) is 4.87. The first-order valence-corrected chi connectivity index (χ1v) is 8.91. The van der Waals surface area contributed by atoms with E-state index in [1.807, 2.05) is 47.9 Å². The van der Waals surface area contributed by atoms with Crippen molar-refractivity contribution in [2.75, 3.05) is 0 Å². The van der Waals surface area contributed by atoms with Crippen LogP contribution in [0.2, 0.25) is 15.1 Å². The van der Waals surface area contributed by atoms with Gasteiger partial charge in [-0.15, -0.1) is 10.2 Å². The van der Waals surface area contributed by atoms with Crippen molar-refractivity contribution in [3.63, 3.8) is 0 Å². The van der Waals surface area contributed by atoms with Crippen molar-refractivity contribution in [1.29, 1.82) is 0 Å². The highest BCUT2D eigenvalue weighted by atomic mass is 35.5. The van der Waals surface area contributed by atoms with E-state index in [9.17, 15) is 0 Å². The van der Waals surface area contributed by atoms with E-state index in [1.165, 1.54) is 0 Å². The molecule has 0 bridgehead atoms. The second-order valence-corrected chi connectivity index (χ2v) is 7.09. The van der Waals surface area contributed by atoms with Crippen LogP contribution in [0.4, 0.5) is 0 Å². The van der Waals surface area contributed by atoms with Crippen LogP contribution in [0.25, 0.3) is 5.69 Å². The molecule has 2 aromatic carbocycles. The predicted molar refractivity (Wildman–Crippen MR) is 97.1 cm³/mol. The minimum atomic E-state index is 0.629. The van der Waals surface area contributed by atoms with Crippen LogP contribution in [-0.4, -0.2) is 14.8 Å². The minimum Gasteiger partial charge on any atom is -0.274 e. The largest absolute Gasteiger partial charge is 0.274 e. The van der Waals surface area contributed by atoms with Gasteiger partial charge in [0.05, 0.1) is 0 Å². The Hall–Kier alpha value is -1.20. The molecule has 0 unspecified atom stereocenters. The fraction of sp³-hybridized carbons (Fsp3) is 0.125. The lowest BCUT2D eigenvalue weighted by molar-refractivity contribution is 0.868. The van der Waals surface area contributed by atoms with E-state index in [1.54, 1.807) is 17.8 Å². The molecule has 0 atom stereocenters. The summed E-state index contributed by atoms with van der Waals surface area (Å²) in [7, 11) is 0. The van der Waals surface area contributed by atoms with Gasteiger partial charge in [0.25, 0.3) is 0 Å². The smallest absolute Gasteiger partial charge is 0.196 e. The molecule has 3 aromatic rings. The van der Waals surface area contributed by atoms with Crippen molar-refractivity contribution < 1.29 is 0 Å². The molecule has 118 valence electrons. The third-order valence-corrected chi connectivity index (χ3v) is 5.07. The van der Waals surface area contributed by atoms with Crippen LogP contribution in [0, 0.1) is 6.92 Å². The maximum Gasteiger partial charge on any atom is 0.196 e. The molecule has 0 aliphatic carbocycles. The summed E-state index contributed by atoms with van der Waals surface area (Å²) in [5.41, 5.74) is 1.98. The van der Waals surface area contributed by atoms with Crippen LogP contribution in [0.15, 0.2) is 47.6 Å². The van der Waals surface area contributed by atoms with Gasteiger partial charge in [-0.25, -0.2) is 0 Å². The van der Waals surface area contributed by atoms with Gasteiger partial charge in [-0.2, -0.15) is 0 Å². The zero-order chi connectivity index (χ0) is 16.4. The Kier molecular flexibility index (Phi) is 5.17. The number of rotatable bonds is 4. The molecular formula is C16H12Cl3N3S. The van der Waals surface area contributed by atoms with E-state index in [0.29, 0.717) is 20.8 Å². The van der Waals surface area contributed by atoms with Crippen LogP contribution < -0.4 is 0 Å². The van der Waals surface area contributed by atoms with Crippen LogP contribution in [0.5, 0.6) is 0 Å². The first kappa shape index (κ1) is 16.7. The van der Waals surface area contributed by atoms with E-state index in [0.717, 1.165) is 22.2 Å². The molecule has 7 heteroatoms. The summed E-state index contributed by atoms with van der Waals surface area (Å²) in [5, 5.41) is 11.2. The third kappa shape index (κ3) is 3.83. The molecule has 0 radical (unpaired) electrons. The summed E-state index contributed by atoms with van der Waals surface area (Å²) in [6.07, 6.45) is 0. The Morgan fingerprint density at radius 3 is 2.35 bits per heavy atom. The van der Waals surface area contributed by atoms with Gasteiger partial charge in [0.1, 0.15) is 5.82 Å². The van der Waals surface area contributed by atoms with Gasteiger partial charge in [0.15, 0.2) is 5.16 Å². The number of thioether (sulfide) groups is 1. The summed E-state index contributed by atoms with van der Waals surface area (Å²) in [6.45, 7) is 1.92. The quantitative estimate of drug-likeness (QED) is 0.530. The maximum atomic E-state index is 6.22. The third-order valence-electron chi connectivity index (χ3n) is 3.25. The molecule has 0 aliphatic rings. The van der Waals surface area contributed by atoms with Gasteiger partial charge in [-0.3, -0.25) is 4.57 Å². The van der Waals surface area contributed by atoms with E-state index < -0.39 is 0 Å². The van der Waals surface area contributed by atoms with Gasteiger partial charge in [0.2, 0.25) is 0 Å². The van der Waals surface area contributed by atoms with Crippen molar-refractivity contribution in [2.45, 2.75) is 17.8 Å². The standard InChI is InChI=1S/C16H12Cl3N3S/c1-10-20-21-16(22(10)14-6-4-12(17)5-7-14)23-9-11-2-3-13(18)8-15(11)19/h2-8H,9H2,1H3. The summed E-state index contributed by atoms with van der Waals surface area (Å²) in [4.78, 5) is 0. The van der Waals surface area contributed by atoms with Crippen molar-refractivity contribution in [2.24, 2.45) is 0 Å². The first-order chi connectivity index (χ1) is 11.0. The maximum absolute atomic E-state index is 6.22. The summed E-state index contributed by atoms with van der Waals surface area (Å²) < 4.78 is 1.99. The number of benzene rings is 2. The van der Waals surface area contributed by atoms with Gasteiger partial charge in [-0.1, -0.05) is 52.6 Å². The summed E-state index contributed by atoms with van der Waals surface area (Å²) >= 11 is 19.7. The number of nitrogens with zero attached hydrogens (tertiary/aromatic N) is 3. The molecule has 0 spiro atoms. The van der Waals surface area contributed by atoms with Crippen LogP contribution in [0.1, 0.15) is 11.4 Å². The predicted octanol–water partition coefficient (Wildman–Crippen LogP) is 5.83. The normalized spacial score (nSPS) is 11.0. The Morgan fingerprint density at radius 1 is 0.957 bits per heavy atom. The van der Waals surface area contributed by atoms with Gasteiger partial charge < -0.3 is 0 Å². The molecule has 0 saturated carbocycles. The van der Waals surface area contributed by atoms with Crippen LogP contribution in [-0.2, 0) is 5.75 Å². The molecule has 0 saturated heterocycles. The fourth-order valence-corrected chi connectivity index (χ4v) is 3.79. The molecule has 0 fully saturated rings. The zero-order valence-corrected chi connectivity index (χ0v) is 15.2. The van der Waals surface area contributed by atoms with Crippen LogP contribution in [0.3, 0.4) is 0 Å².